The first-order valence-corrected chi connectivity index (χ1v) is 6.80. The first kappa shape index (κ1) is 14.3. The van der Waals surface area contributed by atoms with E-state index in [2.05, 4.69) is 31.8 Å². The van der Waals surface area contributed by atoms with Gasteiger partial charge < -0.3 is 9.73 Å². The molecule has 0 saturated heterocycles. The van der Waals surface area contributed by atoms with Crippen LogP contribution in [0, 0.1) is 6.92 Å². The molecule has 0 fully saturated rings. The van der Waals surface area contributed by atoms with E-state index in [1.54, 1.807) is 6.07 Å². The van der Waals surface area contributed by atoms with Crippen molar-refractivity contribution in [2.24, 2.45) is 5.10 Å². The maximum Gasteiger partial charge on any atom is 0.259 e. The van der Waals surface area contributed by atoms with Crippen LogP contribution in [0.2, 0.25) is 0 Å². The molecule has 0 bridgehead atoms. The lowest BCUT2D eigenvalue weighted by Gasteiger charge is -2.04. The summed E-state index contributed by atoms with van der Waals surface area (Å²) in [5.41, 5.74) is 3.29. The molecule has 0 aliphatic rings. The fourth-order valence-electron chi connectivity index (χ4n) is 1.48. The van der Waals surface area contributed by atoms with Gasteiger partial charge in [-0.25, -0.2) is 5.43 Å². The molecule has 0 aliphatic heterocycles. The zero-order chi connectivity index (χ0) is 14.4. The molecule has 1 amide bonds. The molecule has 0 radical (unpaired) electrons. The Kier molecular flexibility index (Phi) is 4.95. The maximum absolute atomic E-state index is 11.6. The number of carbonyl (C=O) groups excluding carboxylic acids is 1. The fourth-order valence-corrected chi connectivity index (χ4v) is 1.74. The first-order valence-electron chi connectivity index (χ1n) is 6.01. The molecule has 0 saturated carbocycles. The zero-order valence-corrected chi connectivity index (χ0v) is 12.5. The van der Waals surface area contributed by atoms with E-state index in [9.17, 15) is 4.79 Å². The summed E-state index contributed by atoms with van der Waals surface area (Å²) in [5, 5.41) is 6.81. The van der Waals surface area contributed by atoms with Crippen LogP contribution in [-0.2, 0) is 4.79 Å². The first-order chi connectivity index (χ1) is 9.63. The number of carbonyl (C=O) groups is 1. The van der Waals surface area contributed by atoms with Crippen molar-refractivity contribution in [1.82, 2.24) is 5.43 Å². The summed E-state index contributed by atoms with van der Waals surface area (Å²) in [4.78, 5) is 11.6. The molecule has 1 aromatic heterocycles. The number of hydrogen-bond acceptors (Lipinski definition) is 4. The third-order valence-electron chi connectivity index (χ3n) is 2.44. The van der Waals surface area contributed by atoms with Crippen LogP contribution in [0.5, 0.6) is 0 Å². The van der Waals surface area contributed by atoms with Crippen LogP contribution < -0.4 is 10.7 Å². The molecule has 20 heavy (non-hydrogen) atoms. The van der Waals surface area contributed by atoms with Gasteiger partial charge in [0.25, 0.3) is 5.91 Å². The van der Waals surface area contributed by atoms with Gasteiger partial charge in [0.1, 0.15) is 11.5 Å². The number of nitrogens with one attached hydrogen (secondary N) is 2. The highest BCUT2D eigenvalue weighted by atomic mass is 79.9. The van der Waals surface area contributed by atoms with Crippen LogP contribution in [0.25, 0.3) is 0 Å². The average molecular weight is 336 g/mol. The smallest absolute Gasteiger partial charge is 0.259 e. The second kappa shape index (κ2) is 6.91. The molecule has 5 nitrogen and oxygen atoms in total. The number of hydrogen-bond donors (Lipinski definition) is 2. The summed E-state index contributed by atoms with van der Waals surface area (Å²) in [6.45, 7) is 1.99. The number of rotatable bonds is 5. The van der Waals surface area contributed by atoms with Crippen molar-refractivity contribution < 1.29 is 9.21 Å². The molecule has 0 unspecified atom stereocenters. The predicted octanol–water partition coefficient (Wildman–Crippen LogP) is 2.91. The highest BCUT2D eigenvalue weighted by Crippen LogP contribution is 2.13. The van der Waals surface area contributed by atoms with Gasteiger partial charge in [-0.3, -0.25) is 4.79 Å². The third kappa shape index (κ3) is 4.55. The van der Waals surface area contributed by atoms with Crippen molar-refractivity contribution in [3.8, 4) is 0 Å². The monoisotopic (exact) mass is 335 g/mol. The van der Waals surface area contributed by atoms with Gasteiger partial charge >= 0.3 is 0 Å². The summed E-state index contributed by atoms with van der Waals surface area (Å²) in [6.07, 6.45) is 1.46. The number of anilines is 1. The number of nitrogens with zero attached hydrogens (tertiary/aromatic N) is 1. The lowest BCUT2D eigenvalue weighted by molar-refractivity contribution is -0.119. The van der Waals surface area contributed by atoms with Crippen molar-refractivity contribution in [3.63, 3.8) is 0 Å². The number of halogens is 1. The van der Waals surface area contributed by atoms with E-state index in [1.165, 1.54) is 6.21 Å². The summed E-state index contributed by atoms with van der Waals surface area (Å²) in [6, 6.07) is 11.2. The molecule has 2 aromatic rings. The molecule has 2 N–H and O–H groups in total. The number of furan rings is 1. The molecule has 0 atom stereocenters. The lowest BCUT2D eigenvalue weighted by Crippen LogP contribution is -2.25. The molecular weight excluding hydrogens is 322 g/mol. The minimum atomic E-state index is -0.229. The molecule has 0 spiro atoms. The van der Waals surface area contributed by atoms with Crippen LogP contribution in [-0.4, -0.2) is 18.7 Å². The van der Waals surface area contributed by atoms with Gasteiger partial charge in [-0.1, -0.05) is 15.9 Å². The topological polar surface area (TPSA) is 66.6 Å². The van der Waals surface area contributed by atoms with Crippen LogP contribution in [0.15, 0.2) is 50.4 Å². The quantitative estimate of drug-likeness (QED) is 0.652. The van der Waals surface area contributed by atoms with Crippen molar-refractivity contribution in [2.45, 2.75) is 6.92 Å². The van der Waals surface area contributed by atoms with Crippen molar-refractivity contribution in [2.75, 3.05) is 11.9 Å². The molecule has 1 aromatic carbocycles. The maximum atomic E-state index is 11.6. The van der Waals surface area contributed by atoms with Gasteiger partial charge in [0, 0.05) is 10.2 Å². The number of aryl methyl sites for hydroxylation is 1. The molecular formula is C14H14BrN3O2. The molecule has 2 rings (SSSR count). The Bertz CT molecular complexity index is 605. The Morgan fingerprint density at radius 2 is 2.05 bits per heavy atom. The molecule has 1 heterocycles. The number of hydrazone groups is 1. The summed E-state index contributed by atoms with van der Waals surface area (Å²) in [5.74, 6) is 1.17. The second-order valence-corrected chi connectivity index (χ2v) is 5.02. The van der Waals surface area contributed by atoms with Gasteiger partial charge in [0.2, 0.25) is 0 Å². The Balaban J connectivity index is 1.75. The Hall–Kier alpha value is -2.08. The van der Waals surface area contributed by atoms with Crippen LogP contribution in [0.1, 0.15) is 11.5 Å². The van der Waals surface area contributed by atoms with Crippen molar-refractivity contribution in [1.29, 1.82) is 0 Å². The van der Waals surface area contributed by atoms with E-state index in [0.29, 0.717) is 5.76 Å². The van der Waals surface area contributed by atoms with Gasteiger partial charge in [-0.05, 0) is 43.3 Å². The number of amides is 1. The SMILES string of the molecule is Cc1ccc(/C=N/NC(=O)CNc2ccc(Br)cc2)o1. The van der Waals surface area contributed by atoms with Crippen LogP contribution >= 0.6 is 15.9 Å². The van der Waals surface area contributed by atoms with Gasteiger partial charge in [0.15, 0.2) is 0 Å². The third-order valence-corrected chi connectivity index (χ3v) is 2.97. The Morgan fingerprint density at radius 3 is 2.70 bits per heavy atom. The van der Waals surface area contributed by atoms with E-state index < -0.39 is 0 Å². The highest BCUT2D eigenvalue weighted by molar-refractivity contribution is 9.10. The van der Waals surface area contributed by atoms with Crippen molar-refractivity contribution in [3.05, 3.63) is 52.4 Å². The molecule has 0 aliphatic carbocycles. The van der Waals surface area contributed by atoms with Crippen LogP contribution in [0.3, 0.4) is 0 Å². The van der Waals surface area contributed by atoms with E-state index >= 15 is 0 Å². The number of benzene rings is 1. The van der Waals surface area contributed by atoms with E-state index in [0.717, 1.165) is 15.9 Å². The molecule has 104 valence electrons. The fraction of sp³-hybridized carbons (Fsp3) is 0.143. The zero-order valence-electron chi connectivity index (χ0n) is 10.9. The Labute approximate surface area is 125 Å². The highest BCUT2D eigenvalue weighted by Gasteiger charge is 1.99. The minimum Gasteiger partial charge on any atom is -0.460 e. The van der Waals surface area contributed by atoms with Crippen LogP contribution in [0.4, 0.5) is 5.69 Å². The van der Waals surface area contributed by atoms with E-state index in [1.807, 2.05) is 37.3 Å². The van der Waals surface area contributed by atoms with Gasteiger partial charge in [0.05, 0.1) is 12.8 Å². The largest absolute Gasteiger partial charge is 0.460 e. The second-order valence-electron chi connectivity index (χ2n) is 4.10. The lowest BCUT2D eigenvalue weighted by atomic mass is 10.3. The summed E-state index contributed by atoms with van der Waals surface area (Å²) >= 11 is 3.35. The Morgan fingerprint density at radius 1 is 1.30 bits per heavy atom. The van der Waals surface area contributed by atoms with Gasteiger partial charge in [-0.15, -0.1) is 0 Å². The normalized spacial score (nSPS) is 10.7. The van der Waals surface area contributed by atoms with Crippen molar-refractivity contribution >= 4 is 33.7 Å². The van der Waals surface area contributed by atoms with E-state index in [-0.39, 0.29) is 12.5 Å². The van der Waals surface area contributed by atoms with Gasteiger partial charge in [-0.2, -0.15) is 5.10 Å². The summed E-state index contributed by atoms with van der Waals surface area (Å²) in [7, 11) is 0. The van der Waals surface area contributed by atoms with E-state index in [4.69, 9.17) is 4.42 Å². The minimum absolute atomic E-state index is 0.149. The summed E-state index contributed by atoms with van der Waals surface area (Å²) < 4.78 is 6.28. The molecule has 6 heteroatoms. The average Bonchev–Trinajstić information content (AvgIpc) is 2.84. The predicted molar refractivity (Wildman–Crippen MR) is 81.8 cm³/mol. The standard InChI is InChI=1S/C14H14BrN3O2/c1-10-2-7-13(20-10)8-17-18-14(19)9-16-12-5-3-11(15)4-6-12/h2-8,16H,9H2,1H3,(H,18,19)/b17-8+.